The third kappa shape index (κ3) is 2.96. The fraction of sp³-hybridized carbons (Fsp3) is 0.412. The van der Waals surface area contributed by atoms with E-state index in [1.807, 2.05) is 7.05 Å². The van der Waals surface area contributed by atoms with E-state index in [2.05, 4.69) is 61.6 Å². The van der Waals surface area contributed by atoms with Gasteiger partial charge in [0.2, 0.25) is 0 Å². The summed E-state index contributed by atoms with van der Waals surface area (Å²) in [6.07, 6.45) is 0. The van der Waals surface area contributed by atoms with Gasteiger partial charge < -0.3 is 11.1 Å². The molecule has 19 heavy (non-hydrogen) atoms. The van der Waals surface area contributed by atoms with Gasteiger partial charge in [0.25, 0.3) is 0 Å². The van der Waals surface area contributed by atoms with E-state index in [0.717, 1.165) is 0 Å². The fourth-order valence-corrected chi connectivity index (χ4v) is 2.82. The van der Waals surface area contributed by atoms with E-state index >= 15 is 0 Å². The molecule has 0 heterocycles. The summed E-state index contributed by atoms with van der Waals surface area (Å²) in [4.78, 5) is 0. The van der Waals surface area contributed by atoms with Crippen LogP contribution >= 0.6 is 0 Å². The Labute approximate surface area is 116 Å². The molecule has 2 nitrogen and oxygen atoms in total. The van der Waals surface area contributed by atoms with Crippen molar-refractivity contribution in [2.75, 3.05) is 13.6 Å². The van der Waals surface area contributed by atoms with E-state index < -0.39 is 0 Å². The summed E-state index contributed by atoms with van der Waals surface area (Å²) >= 11 is 0. The fourth-order valence-electron chi connectivity index (χ4n) is 2.82. The van der Waals surface area contributed by atoms with E-state index in [1.54, 1.807) is 0 Å². The molecule has 2 unspecified atom stereocenters. The third-order valence-corrected chi connectivity index (χ3v) is 4.00. The van der Waals surface area contributed by atoms with Crippen LogP contribution in [0.15, 0.2) is 42.5 Å². The largest absolute Gasteiger partial charge is 0.330 e. The minimum absolute atomic E-state index is 0.314. The molecule has 0 fully saturated rings. The van der Waals surface area contributed by atoms with Gasteiger partial charge in [-0.1, -0.05) is 50.2 Å². The first-order valence-corrected chi connectivity index (χ1v) is 7.03. The van der Waals surface area contributed by atoms with E-state index in [-0.39, 0.29) is 0 Å². The normalized spacial score (nSPS) is 14.8. The lowest BCUT2D eigenvalue weighted by Crippen LogP contribution is -2.33. The van der Waals surface area contributed by atoms with Crippen LogP contribution in [0.1, 0.15) is 25.5 Å². The van der Waals surface area contributed by atoms with E-state index in [0.29, 0.717) is 24.4 Å². The highest BCUT2D eigenvalue weighted by Crippen LogP contribution is 2.29. The Morgan fingerprint density at radius 1 is 1.05 bits per heavy atom. The molecule has 0 aliphatic rings. The highest BCUT2D eigenvalue weighted by molar-refractivity contribution is 5.83. The van der Waals surface area contributed by atoms with E-state index in [4.69, 9.17) is 5.73 Å². The van der Waals surface area contributed by atoms with Gasteiger partial charge in [-0.05, 0) is 47.8 Å². The SMILES string of the molecule is CNC(c1ccc2ccccc2c1)C(CN)C(C)C. The highest BCUT2D eigenvalue weighted by atomic mass is 14.9. The summed E-state index contributed by atoms with van der Waals surface area (Å²) in [6, 6.07) is 15.5. The lowest BCUT2D eigenvalue weighted by atomic mass is 9.84. The minimum Gasteiger partial charge on any atom is -0.330 e. The van der Waals surface area contributed by atoms with Crippen molar-refractivity contribution in [3.8, 4) is 0 Å². The Morgan fingerprint density at radius 2 is 1.74 bits per heavy atom. The number of nitrogens with one attached hydrogen (secondary N) is 1. The predicted molar refractivity (Wildman–Crippen MR) is 83.1 cm³/mol. The van der Waals surface area contributed by atoms with Crippen LogP contribution in [0.3, 0.4) is 0 Å². The lowest BCUT2D eigenvalue weighted by molar-refractivity contribution is 0.299. The van der Waals surface area contributed by atoms with Gasteiger partial charge in [-0.2, -0.15) is 0 Å². The van der Waals surface area contributed by atoms with Crippen LogP contribution in [-0.4, -0.2) is 13.6 Å². The van der Waals surface area contributed by atoms with Crippen LogP contribution in [0.2, 0.25) is 0 Å². The van der Waals surface area contributed by atoms with Crippen molar-refractivity contribution in [1.29, 1.82) is 0 Å². The molecule has 0 aromatic heterocycles. The first-order valence-electron chi connectivity index (χ1n) is 7.03. The second-order valence-corrected chi connectivity index (χ2v) is 5.52. The number of rotatable bonds is 5. The van der Waals surface area contributed by atoms with Gasteiger partial charge in [0, 0.05) is 6.04 Å². The maximum absolute atomic E-state index is 5.96. The predicted octanol–water partition coefficient (Wildman–Crippen LogP) is 3.33. The zero-order valence-electron chi connectivity index (χ0n) is 12.1. The topological polar surface area (TPSA) is 38.0 Å². The number of benzene rings is 2. The van der Waals surface area contributed by atoms with Crippen molar-refractivity contribution in [2.45, 2.75) is 19.9 Å². The molecule has 0 saturated carbocycles. The van der Waals surface area contributed by atoms with Crippen LogP contribution in [0.5, 0.6) is 0 Å². The zero-order valence-corrected chi connectivity index (χ0v) is 12.1. The molecule has 2 aromatic carbocycles. The molecule has 102 valence electrons. The van der Waals surface area contributed by atoms with Crippen molar-refractivity contribution < 1.29 is 0 Å². The Kier molecular flexibility index (Phi) is 4.56. The molecule has 2 heteroatoms. The molecular weight excluding hydrogens is 232 g/mol. The number of hydrogen-bond acceptors (Lipinski definition) is 2. The molecular formula is C17H24N2. The van der Waals surface area contributed by atoms with Crippen LogP contribution in [0, 0.1) is 11.8 Å². The Morgan fingerprint density at radius 3 is 2.32 bits per heavy atom. The van der Waals surface area contributed by atoms with Crippen molar-refractivity contribution >= 4 is 10.8 Å². The molecule has 0 aliphatic heterocycles. The molecule has 2 atom stereocenters. The summed E-state index contributed by atoms with van der Waals surface area (Å²) in [7, 11) is 2.02. The first-order chi connectivity index (χ1) is 9.17. The summed E-state index contributed by atoms with van der Waals surface area (Å²) in [6.45, 7) is 5.18. The molecule has 0 bridgehead atoms. The van der Waals surface area contributed by atoms with Crippen LogP contribution in [0.25, 0.3) is 10.8 Å². The minimum atomic E-state index is 0.314. The standard InChI is InChI=1S/C17H24N2/c1-12(2)16(11-18)17(19-3)15-9-8-13-6-4-5-7-14(13)10-15/h4-10,12,16-17,19H,11,18H2,1-3H3. The second kappa shape index (κ2) is 6.18. The third-order valence-electron chi connectivity index (χ3n) is 4.00. The summed E-state index contributed by atoms with van der Waals surface area (Å²) in [5, 5.41) is 6.01. The molecule has 2 aromatic rings. The van der Waals surface area contributed by atoms with Gasteiger partial charge in [0.1, 0.15) is 0 Å². The molecule has 0 saturated heterocycles. The van der Waals surface area contributed by atoms with Crippen molar-refractivity contribution in [2.24, 2.45) is 17.6 Å². The Bertz CT molecular complexity index is 534. The van der Waals surface area contributed by atoms with E-state index in [1.165, 1.54) is 16.3 Å². The number of nitrogens with two attached hydrogens (primary N) is 1. The van der Waals surface area contributed by atoms with Gasteiger partial charge in [0.05, 0.1) is 0 Å². The smallest absolute Gasteiger partial charge is 0.0360 e. The summed E-state index contributed by atoms with van der Waals surface area (Å²) in [5.74, 6) is 1.01. The molecule has 0 aliphatic carbocycles. The quantitative estimate of drug-likeness (QED) is 0.861. The zero-order chi connectivity index (χ0) is 13.8. The number of fused-ring (bicyclic) bond motifs is 1. The maximum atomic E-state index is 5.96. The van der Waals surface area contributed by atoms with Gasteiger partial charge in [-0.3, -0.25) is 0 Å². The van der Waals surface area contributed by atoms with Gasteiger partial charge in [-0.25, -0.2) is 0 Å². The van der Waals surface area contributed by atoms with E-state index in [9.17, 15) is 0 Å². The van der Waals surface area contributed by atoms with Crippen LogP contribution < -0.4 is 11.1 Å². The maximum Gasteiger partial charge on any atom is 0.0360 e. The van der Waals surface area contributed by atoms with Gasteiger partial charge in [-0.15, -0.1) is 0 Å². The molecule has 0 spiro atoms. The number of hydrogen-bond donors (Lipinski definition) is 2. The molecule has 2 rings (SSSR count). The first kappa shape index (κ1) is 14.0. The lowest BCUT2D eigenvalue weighted by Gasteiger charge is -2.29. The van der Waals surface area contributed by atoms with Crippen molar-refractivity contribution in [3.63, 3.8) is 0 Å². The van der Waals surface area contributed by atoms with Crippen molar-refractivity contribution in [1.82, 2.24) is 5.32 Å². The molecule has 0 amide bonds. The van der Waals surface area contributed by atoms with Gasteiger partial charge >= 0.3 is 0 Å². The average Bonchev–Trinajstić information content (AvgIpc) is 2.43. The summed E-state index contributed by atoms with van der Waals surface area (Å²) < 4.78 is 0. The summed E-state index contributed by atoms with van der Waals surface area (Å²) in [5.41, 5.74) is 7.28. The van der Waals surface area contributed by atoms with Gasteiger partial charge in [0.15, 0.2) is 0 Å². The Balaban J connectivity index is 2.40. The second-order valence-electron chi connectivity index (χ2n) is 5.52. The average molecular weight is 256 g/mol. The monoisotopic (exact) mass is 256 g/mol. The molecule has 3 N–H and O–H groups in total. The van der Waals surface area contributed by atoms with Crippen LogP contribution in [0.4, 0.5) is 0 Å². The highest BCUT2D eigenvalue weighted by Gasteiger charge is 2.23. The van der Waals surface area contributed by atoms with Crippen LogP contribution in [-0.2, 0) is 0 Å². The Hall–Kier alpha value is -1.38. The van der Waals surface area contributed by atoms with Crippen molar-refractivity contribution in [3.05, 3.63) is 48.0 Å². The molecule has 0 radical (unpaired) electrons.